The van der Waals surface area contributed by atoms with Crippen molar-refractivity contribution in [3.63, 3.8) is 0 Å². The molecule has 0 unspecified atom stereocenters. The first-order valence-electron chi connectivity index (χ1n) is 13.4. The monoisotopic (exact) mass is 532 g/mol. The lowest BCUT2D eigenvalue weighted by Gasteiger charge is -2.18. The van der Waals surface area contributed by atoms with E-state index in [1.54, 1.807) is 13.8 Å². The number of phosphoric acid groups is 1. The third kappa shape index (κ3) is 20.7. The summed E-state index contributed by atoms with van der Waals surface area (Å²) in [7, 11) is -3.56. The summed E-state index contributed by atoms with van der Waals surface area (Å²) in [6.45, 7) is 14.3. The quantitative estimate of drug-likeness (QED) is 0.0517. The molecule has 0 aromatic rings. The van der Waals surface area contributed by atoms with Crippen LogP contribution in [0.5, 0.6) is 0 Å². The molecule has 0 bridgehead atoms. The minimum absolute atomic E-state index is 0.318. The fourth-order valence-electron chi connectivity index (χ4n) is 3.04. The maximum absolute atomic E-state index is 13.0. The summed E-state index contributed by atoms with van der Waals surface area (Å²) in [6.07, 6.45) is 11.7. The third-order valence-corrected chi connectivity index (χ3v) is 6.73. The molecule has 8 nitrogen and oxygen atoms in total. The standard InChI is InChI=1S/C27H49O8P/c1-6-7-14-21-33-36(30,34-22-17-12-8-10-15-19-31-26(28)24(2)3)35-23-18-13-9-11-16-20-32-27(29)25(4)5/h2,4,6-23H2,1,3,5H3. The largest absolute Gasteiger partial charge is 0.474 e. The van der Waals surface area contributed by atoms with E-state index in [9.17, 15) is 14.2 Å². The lowest BCUT2D eigenvalue weighted by molar-refractivity contribution is -0.139. The van der Waals surface area contributed by atoms with Crippen LogP contribution in [-0.4, -0.2) is 45.0 Å². The Balaban J connectivity index is 4.02. The van der Waals surface area contributed by atoms with Crippen molar-refractivity contribution in [2.45, 2.75) is 104 Å². The third-order valence-electron chi connectivity index (χ3n) is 5.24. The van der Waals surface area contributed by atoms with Crippen molar-refractivity contribution in [3.8, 4) is 0 Å². The summed E-state index contributed by atoms with van der Waals surface area (Å²) >= 11 is 0. The Labute approximate surface area is 218 Å². The van der Waals surface area contributed by atoms with Crippen LogP contribution >= 0.6 is 7.82 Å². The van der Waals surface area contributed by atoms with Gasteiger partial charge in [0.05, 0.1) is 33.0 Å². The molecule has 0 atom stereocenters. The highest BCUT2D eigenvalue weighted by molar-refractivity contribution is 7.48. The van der Waals surface area contributed by atoms with Gasteiger partial charge in [-0.1, -0.05) is 71.4 Å². The second kappa shape index (κ2) is 22.7. The lowest BCUT2D eigenvalue weighted by Crippen LogP contribution is -2.06. The van der Waals surface area contributed by atoms with Crippen LogP contribution in [0, 0.1) is 0 Å². The number of rotatable bonds is 25. The van der Waals surface area contributed by atoms with Crippen molar-refractivity contribution < 1.29 is 37.2 Å². The minimum atomic E-state index is -3.56. The Morgan fingerprint density at radius 1 is 0.556 bits per heavy atom. The molecule has 0 radical (unpaired) electrons. The van der Waals surface area contributed by atoms with Gasteiger partial charge in [-0.3, -0.25) is 13.6 Å². The molecule has 36 heavy (non-hydrogen) atoms. The molecule has 0 saturated carbocycles. The van der Waals surface area contributed by atoms with Crippen LogP contribution < -0.4 is 0 Å². The van der Waals surface area contributed by atoms with Crippen LogP contribution in [0.1, 0.15) is 104 Å². The molecule has 0 amide bonds. The van der Waals surface area contributed by atoms with Crippen molar-refractivity contribution in [3.05, 3.63) is 24.3 Å². The maximum atomic E-state index is 13.0. The summed E-state index contributed by atoms with van der Waals surface area (Å²) in [6, 6.07) is 0. The molecule has 0 aliphatic heterocycles. The number of hydrogen-bond acceptors (Lipinski definition) is 8. The molecule has 0 heterocycles. The highest BCUT2D eigenvalue weighted by atomic mass is 31.2. The molecule has 0 fully saturated rings. The minimum Gasteiger partial charge on any atom is -0.462 e. The lowest BCUT2D eigenvalue weighted by atomic mass is 10.1. The van der Waals surface area contributed by atoms with Crippen molar-refractivity contribution in [2.75, 3.05) is 33.0 Å². The molecule has 0 spiro atoms. The smallest absolute Gasteiger partial charge is 0.462 e. The number of unbranched alkanes of at least 4 members (excludes halogenated alkanes) is 10. The first kappa shape index (κ1) is 34.5. The van der Waals surface area contributed by atoms with Crippen LogP contribution in [0.4, 0.5) is 0 Å². The van der Waals surface area contributed by atoms with Crippen LogP contribution in [0.15, 0.2) is 24.3 Å². The SMILES string of the molecule is C=C(C)C(=O)OCCCCCCCOP(=O)(OCCCCC)OCCCCCCCOC(=O)C(=C)C. The Bertz CT molecular complexity index is 629. The van der Waals surface area contributed by atoms with Crippen LogP contribution in [-0.2, 0) is 37.2 Å². The van der Waals surface area contributed by atoms with Gasteiger partial charge >= 0.3 is 19.8 Å². The van der Waals surface area contributed by atoms with Gasteiger partial charge < -0.3 is 9.47 Å². The molecule has 0 aromatic carbocycles. The van der Waals surface area contributed by atoms with Crippen molar-refractivity contribution in [2.24, 2.45) is 0 Å². The van der Waals surface area contributed by atoms with Gasteiger partial charge in [-0.05, 0) is 46.0 Å². The van der Waals surface area contributed by atoms with Gasteiger partial charge in [0.25, 0.3) is 0 Å². The van der Waals surface area contributed by atoms with Gasteiger partial charge in [-0.25, -0.2) is 14.2 Å². The molecular weight excluding hydrogens is 483 g/mol. The summed E-state index contributed by atoms with van der Waals surface area (Å²) in [5, 5.41) is 0. The van der Waals surface area contributed by atoms with Gasteiger partial charge in [0.15, 0.2) is 0 Å². The average Bonchev–Trinajstić information content (AvgIpc) is 2.84. The molecular formula is C27H49O8P. The van der Waals surface area contributed by atoms with E-state index in [0.29, 0.717) is 44.2 Å². The topological polar surface area (TPSA) is 97.4 Å². The molecule has 0 rings (SSSR count). The number of carbonyl (C=O) groups excluding carboxylic acids is 2. The predicted octanol–water partition coefficient (Wildman–Crippen LogP) is 7.47. The second-order valence-corrected chi connectivity index (χ2v) is 10.7. The number of hydrogen-bond donors (Lipinski definition) is 0. The van der Waals surface area contributed by atoms with Crippen LogP contribution in [0.2, 0.25) is 0 Å². The summed E-state index contributed by atoms with van der Waals surface area (Å²) < 4.78 is 39.8. The van der Waals surface area contributed by atoms with Gasteiger partial charge in [0.1, 0.15) is 0 Å². The van der Waals surface area contributed by atoms with E-state index in [1.165, 1.54) is 0 Å². The summed E-state index contributed by atoms with van der Waals surface area (Å²) in [5.74, 6) is -0.695. The second-order valence-electron chi connectivity index (χ2n) is 9.02. The Morgan fingerprint density at radius 2 is 0.861 bits per heavy atom. The molecule has 9 heteroatoms. The first-order chi connectivity index (χ1) is 17.2. The number of ether oxygens (including phenoxy) is 2. The van der Waals surface area contributed by atoms with Crippen molar-refractivity contribution in [1.29, 1.82) is 0 Å². The average molecular weight is 533 g/mol. The normalized spacial score (nSPS) is 11.3. The van der Waals surface area contributed by atoms with Crippen LogP contribution in [0.25, 0.3) is 0 Å². The highest BCUT2D eigenvalue weighted by Gasteiger charge is 2.26. The Hall–Kier alpha value is -1.47. The highest BCUT2D eigenvalue weighted by Crippen LogP contribution is 2.50. The number of esters is 2. The fraction of sp³-hybridized carbons (Fsp3) is 0.778. The van der Waals surface area contributed by atoms with E-state index in [-0.39, 0.29) is 11.9 Å². The zero-order valence-corrected chi connectivity index (χ0v) is 23.7. The Kier molecular flexibility index (Phi) is 21.8. The van der Waals surface area contributed by atoms with Crippen molar-refractivity contribution in [1.82, 2.24) is 0 Å². The Morgan fingerprint density at radius 3 is 1.19 bits per heavy atom. The maximum Gasteiger partial charge on any atom is 0.474 e. The van der Waals surface area contributed by atoms with Gasteiger partial charge in [-0.15, -0.1) is 0 Å². The van der Waals surface area contributed by atoms with Crippen LogP contribution in [0.3, 0.4) is 0 Å². The zero-order valence-electron chi connectivity index (χ0n) is 22.9. The van der Waals surface area contributed by atoms with Gasteiger partial charge in [0.2, 0.25) is 0 Å². The predicted molar refractivity (Wildman–Crippen MR) is 143 cm³/mol. The van der Waals surface area contributed by atoms with Gasteiger partial charge in [0, 0.05) is 11.1 Å². The summed E-state index contributed by atoms with van der Waals surface area (Å²) in [5.41, 5.74) is 0.823. The molecule has 0 aliphatic rings. The molecule has 0 N–H and O–H groups in total. The van der Waals surface area contributed by atoms with E-state index in [2.05, 4.69) is 20.1 Å². The van der Waals surface area contributed by atoms with E-state index < -0.39 is 7.82 Å². The number of carbonyl (C=O) groups is 2. The first-order valence-corrected chi connectivity index (χ1v) is 14.9. The molecule has 210 valence electrons. The van der Waals surface area contributed by atoms with Gasteiger partial charge in [-0.2, -0.15) is 0 Å². The van der Waals surface area contributed by atoms with E-state index in [4.69, 9.17) is 23.0 Å². The molecule has 0 aliphatic carbocycles. The fourth-order valence-corrected chi connectivity index (χ4v) is 4.32. The van der Waals surface area contributed by atoms with E-state index in [0.717, 1.165) is 83.5 Å². The summed E-state index contributed by atoms with van der Waals surface area (Å²) in [4.78, 5) is 22.6. The molecule has 0 saturated heterocycles. The van der Waals surface area contributed by atoms with Crippen molar-refractivity contribution >= 4 is 19.8 Å². The van der Waals surface area contributed by atoms with E-state index in [1.807, 2.05) is 0 Å². The number of phosphoric ester groups is 1. The molecule has 0 aromatic heterocycles. The zero-order chi connectivity index (χ0) is 27.1. The van der Waals surface area contributed by atoms with E-state index >= 15 is 0 Å².